The van der Waals surface area contributed by atoms with Gasteiger partial charge in [-0.1, -0.05) is 0 Å². The lowest BCUT2D eigenvalue weighted by Crippen LogP contribution is -2.28. The number of ether oxygens (including phenoxy) is 4. The van der Waals surface area contributed by atoms with E-state index in [9.17, 15) is 0 Å². The summed E-state index contributed by atoms with van der Waals surface area (Å²) < 4.78 is 20.9. The molecule has 10 nitrogen and oxygen atoms in total. The largest absolute Gasteiger partial charge is 0.394 e. The molecule has 0 aromatic rings. The second-order valence-electron chi connectivity index (χ2n) is 4.39. The summed E-state index contributed by atoms with van der Waals surface area (Å²) in [7, 11) is 0. The third-order valence-corrected chi connectivity index (χ3v) is 2.55. The van der Waals surface area contributed by atoms with Crippen LogP contribution in [-0.4, -0.2) is 101 Å². The number of nitrogens with zero attached hydrogens (tertiary/aromatic N) is 2. The fourth-order valence-electron chi connectivity index (χ4n) is 1.51. The maximum atomic E-state index is 8.82. The lowest BCUT2D eigenvalue weighted by Gasteiger charge is -2.12. The van der Waals surface area contributed by atoms with Gasteiger partial charge < -0.3 is 40.6 Å². The Morgan fingerprint density at radius 1 is 0.750 bits per heavy atom. The van der Waals surface area contributed by atoms with Gasteiger partial charge in [0.1, 0.15) is 6.73 Å². The third-order valence-electron chi connectivity index (χ3n) is 2.55. The van der Waals surface area contributed by atoms with Crippen LogP contribution in [0.1, 0.15) is 0 Å². The Labute approximate surface area is 142 Å². The molecule has 0 spiro atoms. The van der Waals surface area contributed by atoms with Gasteiger partial charge in [-0.05, 0) is 0 Å². The van der Waals surface area contributed by atoms with Crippen LogP contribution in [0.3, 0.4) is 0 Å². The summed E-state index contributed by atoms with van der Waals surface area (Å²) in [6.45, 7) is 2.32. The fourth-order valence-corrected chi connectivity index (χ4v) is 1.51. The first kappa shape index (κ1) is 23.0. The van der Waals surface area contributed by atoms with Crippen LogP contribution in [-0.2, 0) is 18.9 Å². The maximum absolute atomic E-state index is 8.82. The lowest BCUT2D eigenvalue weighted by atomic mass is 10.2. The van der Waals surface area contributed by atoms with Gasteiger partial charge in [0.05, 0.1) is 77.6 Å². The van der Waals surface area contributed by atoms with Gasteiger partial charge in [0, 0.05) is 6.54 Å². The average Bonchev–Trinajstić information content (AvgIpc) is 2.59. The van der Waals surface area contributed by atoms with E-state index in [1.807, 2.05) is 0 Å². The number of nitrogens with two attached hydrogens (primary N) is 2. The Balaban J connectivity index is 4.82. The van der Waals surface area contributed by atoms with Gasteiger partial charge in [0.25, 0.3) is 0 Å². The minimum Gasteiger partial charge on any atom is -0.394 e. The number of hydrogen-bond acceptors (Lipinski definition) is 10. The summed E-state index contributed by atoms with van der Waals surface area (Å²) in [4.78, 5) is 8.69. The first-order chi connectivity index (χ1) is 11.8. The number of rotatable bonds is 17. The molecule has 0 unspecified atom stereocenters. The van der Waals surface area contributed by atoms with E-state index in [0.717, 1.165) is 0 Å². The van der Waals surface area contributed by atoms with Crippen LogP contribution in [0.25, 0.3) is 0 Å². The third kappa shape index (κ3) is 13.5. The number of aliphatic imine (C=N–C) groups is 2. The zero-order chi connectivity index (χ0) is 17.9. The summed E-state index contributed by atoms with van der Waals surface area (Å²) in [5.74, 6) is 0. The molecule has 6 N–H and O–H groups in total. The van der Waals surface area contributed by atoms with Crippen molar-refractivity contribution < 1.29 is 29.2 Å². The molecule has 142 valence electrons. The van der Waals surface area contributed by atoms with Crippen LogP contribution >= 0.6 is 0 Å². The molecule has 0 aliphatic heterocycles. The predicted molar refractivity (Wildman–Crippen MR) is 90.4 cm³/mol. The highest BCUT2D eigenvalue weighted by Crippen LogP contribution is 1.94. The van der Waals surface area contributed by atoms with E-state index in [1.54, 1.807) is 0 Å². The minimum absolute atomic E-state index is 0.0866. The minimum atomic E-state index is -0.0885. The molecule has 0 atom stereocenters. The highest BCUT2D eigenvalue weighted by atomic mass is 16.5. The summed E-state index contributed by atoms with van der Waals surface area (Å²) >= 11 is 0. The molecular weight excluding hydrogens is 320 g/mol. The molecule has 0 aromatic carbocycles. The first-order valence-electron chi connectivity index (χ1n) is 7.80. The quantitative estimate of drug-likeness (QED) is 0.130. The van der Waals surface area contributed by atoms with Crippen molar-refractivity contribution in [2.75, 3.05) is 79.4 Å². The molecule has 0 saturated heterocycles. The van der Waals surface area contributed by atoms with Crippen LogP contribution in [0.4, 0.5) is 0 Å². The zero-order valence-corrected chi connectivity index (χ0v) is 14.1. The van der Waals surface area contributed by atoms with Crippen LogP contribution in [0.2, 0.25) is 0 Å². The van der Waals surface area contributed by atoms with Crippen LogP contribution in [0.5, 0.6) is 0 Å². The molecule has 0 fully saturated rings. The van der Waals surface area contributed by atoms with Crippen LogP contribution < -0.4 is 11.5 Å². The van der Waals surface area contributed by atoms with E-state index in [0.29, 0.717) is 37.7 Å². The van der Waals surface area contributed by atoms with Gasteiger partial charge in [-0.25, -0.2) is 0 Å². The zero-order valence-electron chi connectivity index (χ0n) is 14.1. The Morgan fingerprint density at radius 3 is 1.92 bits per heavy atom. The average molecular weight is 350 g/mol. The van der Waals surface area contributed by atoms with Crippen molar-refractivity contribution in [3.8, 4) is 0 Å². The van der Waals surface area contributed by atoms with Gasteiger partial charge in [-0.15, -0.1) is 0 Å². The Hall–Kier alpha value is -0.980. The molecule has 0 rings (SSSR count). The summed E-state index contributed by atoms with van der Waals surface area (Å²) in [5, 5.41) is 17.6. The second-order valence-corrected chi connectivity index (χ2v) is 4.39. The molecule has 0 heterocycles. The number of aliphatic hydroxyl groups is 2. The van der Waals surface area contributed by atoms with E-state index in [2.05, 4.69) is 9.98 Å². The van der Waals surface area contributed by atoms with Gasteiger partial charge in [0.2, 0.25) is 0 Å². The van der Waals surface area contributed by atoms with E-state index in [1.165, 1.54) is 0 Å². The van der Waals surface area contributed by atoms with Crippen molar-refractivity contribution in [3.05, 3.63) is 0 Å². The normalized spacial score (nSPS) is 12.8. The Kier molecular flexibility index (Phi) is 17.6. The molecular formula is C14H30N4O6. The van der Waals surface area contributed by atoms with Crippen LogP contribution in [0, 0.1) is 0 Å². The standard InChI is InChI=1S/C14H30N4O6/c15-1-5-24-12-18-14(10-22-8-4-20)13(9-21-7-3-19)17-2-6-23-11-16/h19-20H,1-12,15-16H2/b17-13?,18-14+. The summed E-state index contributed by atoms with van der Waals surface area (Å²) in [5.41, 5.74) is 11.7. The SMILES string of the molecule is NCCOC/N=C(\COCCO)C(COCCO)=NCCOCN. The molecule has 0 aromatic heterocycles. The lowest BCUT2D eigenvalue weighted by molar-refractivity contribution is 0.113. The fraction of sp³-hybridized carbons (Fsp3) is 0.857. The van der Waals surface area contributed by atoms with Crippen molar-refractivity contribution in [1.82, 2.24) is 0 Å². The highest BCUT2D eigenvalue weighted by Gasteiger charge is 2.10. The van der Waals surface area contributed by atoms with Crippen molar-refractivity contribution in [3.63, 3.8) is 0 Å². The van der Waals surface area contributed by atoms with Crippen molar-refractivity contribution in [1.29, 1.82) is 0 Å². The van der Waals surface area contributed by atoms with Gasteiger partial charge in [0.15, 0.2) is 0 Å². The molecule has 0 aliphatic rings. The molecule has 24 heavy (non-hydrogen) atoms. The van der Waals surface area contributed by atoms with E-state index >= 15 is 0 Å². The van der Waals surface area contributed by atoms with Crippen molar-refractivity contribution in [2.24, 2.45) is 21.5 Å². The highest BCUT2D eigenvalue weighted by molar-refractivity contribution is 6.43. The second kappa shape index (κ2) is 18.4. The van der Waals surface area contributed by atoms with E-state index in [-0.39, 0.29) is 53.1 Å². The number of aliphatic hydroxyl groups excluding tert-OH is 2. The van der Waals surface area contributed by atoms with Crippen molar-refractivity contribution >= 4 is 11.4 Å². The molecule has 0 radical (unpaired) electrons. The Bertz CT molecular complexity index is 309. The summed E-state index contributed by atoms with van der Waals surface area (Å²) in [6, 6.07) is 0. The maximum Gasteiger partial charge on any atom is 0.137 e. The molecule has 0 saturated carbocycles. The molecule has 0 amide bonds. The molecule has 10 heteroatoms. The Morgan fingerprint density at radius 2 is 1.38 bits per heavy atom. The van der Waals surface area contributed by atoms with E-state index < -0.39 is 0 Å². The molecule has 0 bridgehead atoms. The van der Waals surface area contributed by atoms with Crippen molar-refractivity contribution in [2.45, 2.75) is 0 Å². The smallest absolute Gasteiger partial charge is 0.137 e. The van der Waals surface area contributed by atoms with Gasteiger partial charge in [-0.2, -0.15) is 0 Å². The van der Waals surface area contributed by atoms with Gasteiger partial charge >= 0.3 is 0 Å². The first-order valence-corrected chi connectivity index (χ1v) is 7.80. The molecule has 0 aliphatic carbocycles. The monoisotopic (exact) mass is 350 g/mol. The van der Waals surface area contributed by atoms with Gasteiger partial charge in [-0.3, -0.25) is 9.98 Å². The summed E-state index contributed by atoms with van der Waals surface area (Å²) in [6.07, 6.45) is 0. The van der Waals surface area contributed by atoms with Crippen LogP contribution in [0.15, 0.2) is 9.98 Å². The van der Waals surface area contributed by atoms with E-state index in [4.69, 9.17) is 40.6 Å². The predicted octanol–water partition coefficient (Wildman–Crippen LogP) is -2.25. The number of hydrogen-bond donors (Lipinski definition) is 4. The topological polar surface area (TPSA) is 154 Å².